The van der Waals surface area contributed by atoms with Crippen LogP contribution < -0.4 is 10.6 Å². The SMILES string of the molecule is CCC(C)Nc1cc(C(=O)NCC(C)C)nc(C)n1. The summed E-state index contributed by atoms with van der Waals surface area (Å²) in [5, 5.41) is 6.12. The molecule has 1 heterocycles. The molecule has 5 heteroatoms. The van der Waals surface area contributed by atoms with E-state index in [1.54, 1.807) is 13.0 Å². The molecule has 0 spiro atoms. The van der Waals surface area contributed by atoms with Crippen LogP contribution in [0.1, 0.15) is 50.4 Å². The molecule has 19 heavy (non-hydrogen) atoms. The number of carbonyl (C=O) groups excluding carboxylic acids is 1. The van der Waals surface area contributed by atoms with Crippen molar-refractivity contribution in [1.82, 2.24) is 15.3 Å². The number of anilines is 1. The van der Waals surface area contributed by atoms with Gasteiger partial charge in [-0.2, -0.15) is 0 Å². The molecule has 0 aliphatic heterocycles. The average molecular weight is 264 g/mol. The maximum Gasteiger partial charge on any atom is 0.270 e. The fourth-order valence-electron chi connectivity index (χ4n) is 1.50. The average Bonchev–Trinajstić information content (AvgIpc) is 2.34. The summed E-state index contributed by atoms with van der Waals surface area (Å²) in [5.41, 5.74) is 0.416. The van der Waals surface area contributed by atoms with Gasteiger partial charge in [-0.15, -0.1) is 0 Å². The number of hydrogen-bond donors (Lipinski definition) is 2. The molecule has 0 aromatic carbocycles. The van der Waals surface area contributed by atoms with E-state index in [2.05, 4.69) is 48.3 Å². The first kappa shape index (κ1) is 15.4. The van der Waals surface area contributed by atoms with Crippen LogP contribution in [0.25, 0.3) is 0 Å². The minimum Gasteiger partial charge on any atom is -0.368 e. The highest BCUT2D eigenvalue weighted by Crippen LogP contribution is 2.09. The first-order valence-electron chi connectivity index (χ1n) is 6.82. The third-order valence-corrected chi connectivity index (χ3v) is 2.75. The first-order valence-corrected chi connectivity index (χ1v) is 6.82. The number of rotatable bonds is 6. The summed E-state index contributed by atoms with van der Waals surface area (Å²) in [4.78, 5) is 20.5. The van der Waals surface area contributed by atoms with Crippen LogP contribution in [0.2, 0.25) is 0 Å². The van der Waals surface area contributed by atoms with E-state index < -0.39 is 0 Å². The van der Waals surface area contributed by atoms with Crippen molar-refractivity contribution in [2.45, 2.75) is 47.1 Å². The lowest BCUT2D eigenvalue weighted by atomic mass is 10.2. The highest BCUT2D eigenvalue weighted by Gasteiger charge is 2.11. The monoisotopic (exact) mass is 264 g/mol. The smallest absolute Gasteiger partial charge is 0.270 e. The number of aromatic nitrogens is 2. The van der Waals surface area contributed by atoms with Crippen molar-refractivity contribution in [2.75, 3.05) is 11.9 Å². The minimum atomic E-state index is -0.147. The molecular formula is C14H24N4O. The molecule has 0 bridgehead atoms. The van der Waals surface area contributed by atoms with Gasteiger partial charge in [-0.25, -0.2) is 9.97 Å². The largest absolute Gasteiger partial charge is 0.368 e. The Labute approximate surface area is 115 Å². The van der Waals surface area contributed by atoms with Crippen molar-refractivity contribution >= 4 is 11.7 Å². The van der Waals surface area contributed by atoms with Gasteiger partial charge < -0.3 is 10.6 Å². The van der Waals surface area contributed by atoms with Gasteiger partial charge in [-0.05, 0) is 26.2 Å². The molecule has 2 N–H and O–H groups in total. The number of aryl methyl sites for hydroxylation is 1. The highest BCUT2D eigenvalue weighted by molar-refractivity contribution is 5.92. The van der Waals surface area contributed by atoms with Gasteiger partial charge >= 0.3 is 0 Å². The van der Waals surface area contributed by atoms with Gasteiger partial charge in [-0.3, -0.25) is 4.79 Å². The van der Waals surface area contributed by atoms with Gasteiger partial charge in [0, 0.05) is 18.7 Å². The van der Waals surface area contributed by atoms with Gasteiger partial charge in [0.2, 0.25) is 0 Å². The molecule has 1 atom stereocenters. The van der Waals surface area contributed by atoms with Gasteiger partial charge in [0.15, 0.2) is 0 Å². The van der Waals surface area contributed by atoms with Crippen LogP contribution in [0.3, 0.4) is 0 Å². The molecule has 1 amide bonds. The first-order chi connectivity index (χ1) is 8.92. The summed E-state index contributed by atoms with van der Waals surface area (Å²) in [6.45, 7) is 10.7. The Morgan fingerprint density at radius 2 is 2.00 bits per heavy atom. The van der Waals surface area contributed by atoms with Gasteiger partial charge in [-0.1, -0.05) is 20.8 Å². The van der Waals surface area contributed by atoms with E-state index in [0.717, 1.165) is 6.42 Å². The molecule has 0 saturated carbocycles. The molecular weight excluding hydrogens is 240 g/mol. The molecule has 0 fully saturated rings. The lowest BCUT2D eigenvalue weighted by Crippen LogP contribution is -2.28. The third kappa shape index (κ3) is 5.24. The molecule has 1 unspecified atom stereocenters. The molecule has 1 aromatic rings. The lowest BCUT2D eigenvalue weighted by Gasteiger charge is -2.13. The van der Waals surface area contributed by atoms with E-state index in [1.807, 2.05) is 0 Å². The molecule has 0 saturated heterocycles. The third-order valence-electron chi connectivity index (χ3n) is 2.75. The molecule has 1 rings (SSSR count). The summed E-state index contributed by atoms with van der Waals surface area (Å²) in [6, 6.07) is 2.02. The topological polar surface area (TPSA) is 66.9 Å². The molecule has 0 aliphatic rings. The fraction of sp³-hybridized carbons (Fsp3) is 0.643. The van der Waals surface area contributed by atoms with Crippen LogP contribution in [0.5, 0.6) is 0 Å². The summed E-state index contributed by atoms with van der Waals surface area (Å²) in [6.07, 6.45) is 0.998. The maximum atomic E-state index is 12.0. The Bertz CT molecular complexity index is 431. The zero-order valence-electron chi connectivity index (χ0n) is 12.4. The number of carbonyl (C=O) groups is 1. The van der Waals surface area contributed by atoms with Crippen LogP contribution in [0.15, 0.2) is 6.07 Å². The standard InChI is InChI=1S/C14H24N4O/c1-6-10(4)16-13-7-12(17-11(5)18-13)14(19)15-8-9(2)3/h7,9-10H,6,8H2,1-5H3,(H,15,19)(H,16,17,18). The van der Waals surface area contributed by atoms with Crippen LogP contribution in [-0.4, -0.2) is 28.5 Å². The Hall–Kier alpha value is -1.65. The summed E-state index contributed by atoms with van der Waals surface area (Å²) in [7, 11) is 0. The van der Waals surface area contributed by atoms with E-state index in [9.17, 15) is 4.79 Å². The molecule has 0 aliphatic carbocycles. The van der Waals surface area contributed by atoms with Crippen molar-refractivity contribution in [3.05, 3.63) is 17.6 Å². The van der Waals surface area contributed by atoms with Crippen LogP contribution in [0, 0.1) is 12.8 Å². The second kappa shape index (κ2) is 7.07. The Balaban J connectivity index is 2.80. The maximum absolute atomic E-state index is 12.0. The lowest BCUT2D eigenvalue weighted by molar-refractivity contribution is 0.0943. The summed E-state index contributed by atoms with van der Waals surface area (Å²) < 4.78 is 0. The minimum absolute atomic E-state index is 0.147. The number of hydrogen-bond acceptors (Lipinski definition) is 4. The molecule has 0 radical (unpaired) electrons. The van der Waals surface area contributed by atoms with Crippen molar-refractivity contribution in [1.29, 1.82) is 0 Å². The highest BCUT2D eigenvalue weighted by atomic mass is 16.1. The second-order valence-electron chi connectivity index (χ2n) is 5.24. The predicted molar refractivity (Wildman–Crippen MR) is 77.3 cm³/mol. The molecule has 1 aromatic heterocycles. The second-order valence-corrected chi connectivity index (χ2v) is 5.24. The quantitative estimate of drug-likeness (QED) is 0.828. The van der Waals surface area contributed by atoms with Crippen LogP contribution in [-0.2, 0) is 0 Å². The predicted octanol–water partition coefficient (Wildman–Crippen LogP) is 2.38. The van der Waals surface area contributed by atoms with Crippen molar-refractivity contribution in [3.8, 4) is 0 Å². The number of nitrogens with zero attached hydrogens (tertiary/aromatic N) is 2. The van der Waals surface area contributed by atoms with Crippen LogP contribution >= 0.6 is 0 Å². The summed E-state index contributed by atoms with van der Waals surface area (Å²) in [5.74, 6) is 1.58. The van der Waals surface area contributed by atoms with Gasteiger partial charge in [0.05, 0.1) is 0 Å². The van der Waals surface area contributed by atoms with E-state index >= 15 is 0 Å². The van der Waals surface area contributed by atoms with Crippen molar-refractivity contribution < 1.29 is 4.79 Å². The van der Waals surface area contributed by atoms with Gasteiger partial charge in [0.25, 0.3) is 5.91 Å². The zero-order chi connectivity index (χ0) is 14.4. The van der Waals surface area contributed by atoms with E-state index in [0.29, 0.717) is 35.8 Å². The van der Waals surface area contributed by atoms with E-state index in [1.165, 1.54) is 0 Å². The molecule has 106 valence electrons. The fourth-order valence-corrected chi connectivity index (χ4v) is 1.50. The van der Waals surface area contributed by atoms with E-state index in [4.69, 9.17) is 0 Å². The summed E-state index contributed by atoms with van der Waals surface area (Å²) >= 11 is 0. The van der Waals surface area contributed by atoms with Crippen molar-refractivity contribution in [3.63, 3.8) is 0 Å². The Kier molecular flexibility index (Phi) is 5.73. The number of amides is 1. The van der Waals surface area contributed by atoms with Crippen molar-refractivity contribution in [2.24, 2.45) is 5.92 Å². The van der Waals surface area contributed by atoms with Gasteiger partial charge in [0.1, 0.15) is 17.3 Å². The van der Waals surface area contributed by atoms with E-state index in [-0.39, 0.29) is 5.91 Å². The number of nitrogens with one attached hydrogen (secondary N) is 2. The Morgan fingerprint density at radius 1 is 1.32 bits per heavy atom. The Morgan fingerprint density at radius 3 is 2.58 bits per heavy atom. The van der Waals surface area contributed by atoms with Crippen LogP contribution in [0.4, 0.5) is 5.82 Å². The zero-order valence-corrected chi connectivity index (χ0v) is 12.4. The molecule has 5 nitrogen and oxygen atoms in total. The normalized spacial score (nSPS) is 12.3.